The lowest BCUT2D eigenvalue weighted by atomic mass is 9.91. The quantitative estimate of drug-likeness (QED) is 0.513. The molecule has 0 saturated heterocycles. The number of hydrogen-bond acceptors (Lipinski definition) is 5. The van der Waals surface area contributed by atoms with Crippen molar-refractivity contribution in [1.29, 1.82) is 0 Å². The van der Waals surface area contributed by atoms with Crippen LogP contribution in [0, 0.1) is 19.3 Å². The Kier molecular flexibility index (Phi) is 6.65. The molecule has 3 rings (SSSR count). The molecule has 33 heavy (non-hydrogen) atoms. The van der Waals surface area contributed by atoms with Crippen LogP contribution in [0.1, 0.15) is 30.5 Å². The van der Waals surface area contributed by atoms with Gasteiger partial charge in [-0.3, -0.25) is 4.79 Å². The van der Waals surface area contributed by atoms with E-state index in [2.05, 4.69) is 20.3 Å². The molecule has 174 valence electrons. The van der Waals surface area contributed by atoms with Gasteiger partial charge in [0.05, 0.1) is 5.02 Å². The summed E-state index contributed by atoms with van der Waals surface area (Å²) in [6.07, 6.45) is -4.69. The fourth-order valence-electron chi connectivity index (χ4n) is 3.10. The van der Waals surface area contributed by atoms with Crippen molar-refractivity contribution in [3.8, 4) is 28.8 Å². The zero-order valence-electron chi connectivity index (χ0n) is 18.4. The van der Waals surface area contributed by atoms with E-state index in [0.717, 1.165) is 25.0 Å². The molecular weight excluding hydrogens is 457 g/mol. The molecule has 3 aromatic rings. The molecule has 0 saturated carbocycles. The van der Waals surface area contributed by atoms with Crippen molar-refractivity contribution in [2.75, 3.05) is 0 Å². The van der Waals surface area contributed by atoms with Crippen LogP contribution in [0.5, 0.6) is 6.01 Å². The van der Waals surface area contributed by atoms with Crippen molar-refractivity contribution >= 4 is 17.5 Å². The number of carbonyl (C=O) groups excluding carboxylic acids is 1. The highest BCUT2D eigenvalue weighted by Gasteiger charge is 2.52. The second-order valence-electron chi connectivity index (χ2n) is 8.28. The standard InChI is InChI=1S/C23H22ClF3N4O2/c1-12-7-13(2)9-15(8-12)18-29-19(31-21(33)30-18)16-10-14(5-6-17(16)24)11-28-20(32)22(3,4)23(25,26)27/h5-10H,11H2,1-4H3,(H,28,32)(H,29,30,31,33). The number of hydrogen-bond donors (Lipinski definition) is 2. The van der Waals surface area contributed by atoms with Crippen molar-refractivity contribution in [2.24, 2.45) is 5.41 Å². The molecule has 0 aliphatic carbocycles. The number of nitrogens with zero attached hydrogens (tertiary/aromatic N) is 3. The number of aromatic hydroxyl groups is 1. The normalized spacial score (nSPS) is 12.0. The molecule has 0 atom stereocenters. The Morgan fingerprint density at radius 3 is 2.21 bits per heavy atom. The van der Waals surface area contributed by atoms with Gasteiger partial charge in [-0.2, -0.15) is 23.1 Å². The van der Waals surface area contributed by atoms with Crippen LogP contribution in [0.25, 0.3) is 22.8 Å². The minimum Gasteiger partial charge on any atom is -0.479 e. The van der Waals surface area contributed by atoms with Crippen molar-refractivity contribution in [2.45, 2.75) is 40.4 Å². The molecule has 1 aromatic heterocycles. The summed E-state index contributed by atoms with van der Waals surface area (Å²) in [6, 6.07) is 9.84. The van der Waals surface area contributed by atoms with Gasteiger partial charge in [0.25, 0.3) is 0 Å². The smallest absolute Gasteiger partial charge is 0.402 e. The summed E-state index contributed by atoms with van der Waals surface area (Å²) >= 11 is 6.31. The molecule has 0 aliphatic rings. The highest BCUT2D eigenvalue weighted by molar-refractivity contribution is 6.33. The molecule has 0 spiro atoms. The molecule has 0 fully saturated rings. The molecule has 6 nitrogen and oxygen atoms in total. The fraction of sp³-hybridized carbons (Fsp3) is 0.304. The molecular formula is C23H22ClF3N4O2. The second-order valence-corrected chi connectivity index (χ2v) is 8.69. The average molecular weight is 479 g/mol. The lowest BCUT2D eigenvalue weighted by Gasteiger charge is -2.26. The van der Waals surface area contributed by atoms with Crippen LogP contribution in [-0.4, -0.2) is 32.1 Å². The van der Waals surface area contributed by atoms with Crippen molar-refractivity contribution < 1.29 is 23.1 Å². The SMILES string of the molecule is Cc1cc(C)cc(-c2nc(O)nc(-c3cc(CNC(=O)C(C)(C)C(F)(F)F)ccc3Cl)n2)c1. The number of aryl methyl sites for hydroxylation is 2. The summed E-state index contributed by atoms with van der Waals surface area (Å²) < 4.78 is 39.3. The minimum absolute atomic E-state index is 0.0884. The Morgan fingerprint density at radius 1 is 1.00 bits per heavy atom. The van der Waals surface area contributed by atoms with E-state index in [4.69, 9.17) is 11.6 Å². The van der Waals surface area contributed by atoms with Gasteiger partial charge in [-0.05, 0) is 57.5 Å². The Balaban J connectivity index is 1.92. The first-order valence-corrected chi connectivity index (χ1v) is 10.3. The average Bonchev–Trinajstić information content (AvgIpc) is 2.70. The number of benzene rings is 2. The van der Waals surface area contributed by atoms with Crippen molar-refractivity contribution in [3.05, 3.63) is 58.1 Å². The van der Waals surface area contributed by atoms with E-state index in [9.17, 15) is 23.1 Å². The van der Waals surface area contributed by atoms with Crippen LogP contribution in [0.3, 0.4) is 0 Å². The highest BCUT2D eigenvalue weighted by Crippen LogP contribution is 2.37. The van der Waals surface area contributed by atoms with E-state index in [1.165, 1.54) is 6.07 Å². The topological polar surface area (TPSA) is 88.0 Å². The number of rotatable bonds is 5. The van der Waals surface area contributed by atoms with Gasteiger partial charge < -0.3 is 10.4 Å². The molecule has 1 heterocycles. The monoisotopic (exact) mass is 478 g/mol. The lowest BCUT2D eigenvalue weighted by molar-refractivity contribution is -0.211. The zero-order chi connectivity index (χ0) is 24.6. The van der Waals surface area contributed by atoms with Gasteiger partial charge in [-0.25, -0.2) is 4.98 Å². The van der Waals surface area contributed by atoms with Gasteiger partial charge >= 0.3 is 12.2 Å². The van der Waals surface area contributed by atoms with Crippen LogP contribution < -0.4 is 5.32 Å². The maximum atomic E-state index is 13.1. The maximum Gasteiger partial charge on any atom is 0.402 e. The molecule has 10 heteroatoms. The van der Waals surface area contributed by atoms with Gasteiger partial charge in [0.2, 0.25) is 5.91 Å². The van der Waals surface area contributed by atoms with Crippen molar-refractivity contribution in [3.63, 3.8) is 0 Å². The summed E-state index contributed by atoms with van der Waals surface area (Å²) in [6.45, 7) is 5.32. The van der Waals surface area contributed by atoms with Crippen LogP contribution in [-0.2, 0) is 11.3 Å². The summed E-state index contributed by atoms with van der Waals surface area (Å²) in [7, 11) is 0. The Labute approximate surface area is 193 Å². The van der Waals surface area contributed by atoms with Crippen molar-refractivity contribution in [1.82, 2.24) is 20.3 Å². The third-order valence-corrected chi connectivity index (χ3v) is 5.43. The van der Waals surface area contributed by atoms with E-state index >= 15 is 0 Å². The summed E-state index contributed by atoms with van der Waals surface area (Å²) in [4.78, 5) is 24.5. The van der Waals surface area contributed by atoms with Gasteiger partial charge in [-0.1, -0.05) is 34.9 Å². The lowest BCUT2D eigenvalue weighted by Crippen LogP contribution is -2.46. The maximum absolute atomic E-state index is 13.1. The Morgan fingerprint density at radius 2 is 1.61 bits per heavy atom. The molecule has 1 amide bonds. The number of carbonyl (C=O) groups is 1. The molecule has 2 aromatic carbocycles. The Bertz CT molecular complexity index is 1190. The van der Waals surface area contributed by atoms with E-state index < -0.39 is 23.5 Å². The number of amides is 1. The summed E-state index contributed by atoms with van der Waals surface area (Å²) in [5.74, 6) is -0.821. The highest BCUT2D eigenvalue weighted by atomic mass is 35.5. The number of alkyl halides is 3. The van der Waals surface area contributed by atoms with Gasteiger partial charge in [0.15, 0.2) is 11.6 Å². The minimum atomic E-state index is -4.69. The Hall–Kier alpha value is -3.20. The van der Waals surface area contributed by atoms with E-state index in [1.807, 2.05) is 32.0 Å². The fourth-order valence-corrected chi connectivity index (χ4v) is 3.31. The van der Waals surface area contributed by atoms with Gasteiger partial charge in [-0.15, -0.1) is 0 Å². The first-order chi connectivity index (χ1) is 15.3. The zero-order valence-corrected chi connectivity index (χ0v) is 19.1. The third kappa shape index (κ3) is 5.42. The third-order valence-electron chi connectivity index (χ3n) is 5.10. The van der Waals surface area contributed by atoms with Crippen LogP contribution in [0.15, 0.2) is 36.4 Å². The summed E-state index contributed by atoms with van der Waals surface area (Å²) in [5, 5.41) is 12.7. The van der Waals surface area contributed by atoms with Crippen LogP contribution in [0.2, 0.25) is 5.02 Å². The number of halogens is 4. The largest absolute Gasteiger partial charge is 0.479 e. The van der Waals surface area contributed by atoms with Crippen LogP contribution >= 0.6 is 11.6 Å². The van der Waals surface area contributed by atoms with E-state index in [-0.39, 0.29) is 23.2 Å². The van der Waals surface area contributed by atoms with Gasteiger partial charge in [0, 0.05) is 17.7 Å². The molecule has 0 bridgehead atoms. The molecule has 2 N–H and O–H groups in total. The van der Waals surface area contributed by atoms with Crippen LogP contribution in [0.4, 0.5) is 13.2 Å². The first-order valence-electron chi connectivity index (χ1n) is 9.95. The predicted molar refractivity (Wildman–Crippen MR) is 119 cm³/mol. The number of nitrogens with one attached hydrogen (secondary N) is 1. The molecule has 0 aliphatic heterocycles. The van der Waals surface area contributed by atoms with E-state index in [1.54, 1.807) is 12.1 Å². The second kappa shape index (κ2) is 8.97. The number of aromatic nitrogens is 3. The van der Waals surface area contributed by atoms with E-state index in [0.29, 0.717) is 16.7 Å². The molecule has 0 radical (unpaired) electrons. The van der Waals surface area contributed by atoms with Gasteiger partial charge in [0.1, 0.15) is 5.41 Å². The summed E-state index contributed by atoms with van der Waals surface area (Å²) in [5.41, 5.74) is 0.937. The predicted octanol–water partition coefficient (Wildman–Crippen LogP) is 5.39. The first kappa shape index (κ1) is 24.4. The molecule has 0 unspecified atom stereocenters.